The summed E-state index contributed by atoms with van der Waals surface area (Å²) in [5.41, 5.74) is 7.60. The predicted octanol–water partition coefficient (Wildman–Crippen LogP) is 8.72. The maximum absolute atomic E-state index is 12.6. The van der Waals surface area contributed by atoms with E-state index in [9.17, 15) is 4.79 Å². The van der Waals surface area contributed by atoms with Gasteiger partial charge in [0.05, 0.1) is 7.11 Å². The number of hydrogen-bond donors (Lipinski definition) is 1. The number of H-pyrrole nitrogens is 1. The van der Waals surface area contributed by atoms with Gasteiger partial charge in [0, 0.05) is 66.5 Å². The number of hydrogen-bond acceptors (Lipinski definition) is 6. The summed E-state index contributed by atoms with van der Waals surface area (Å²) < 4.78 is 11.4. The Morgan fingerprint density at radius 1 is 1.05 bits per heavy atom. The molecule has 4 aromatic rings. The van der Waals surface area contributed by atoms with Crippen LogP contribution in [0.25, 0.3) is 16.5 Å². The van der Waals surface area contributed by atoms with Gasteiger partial charge in [0.25, 0.3) is 0 Å². The van der Waals surface area contributed by atoms with Gasteiger partial charge >= 0.3 is 5.97 Å². The van der Waals surface area contributed by atoms with Crippen molar-refractivity contribution in [3.05, 3.63) is 81.7 Å². The zero-order valence-corrected chi connectivity index (χ0v) is 26.9. The van der Waals surface area contributed by atoms with Crippen molar-refractivity contribution in [1.82, 2.24) is 9.88 Å². The fourth-order valence-corrected chi connectivity index (χ4v) is 7.48. The van der Waals surface area contributed by atoms with Crippen molar-refractivity contribution in [3.8, 4) is 11.5 Å². The fourth-order valence-electron chi connectivity index (χ4n) is 6.54. The Kier molecular flexibility index (Phi) is 8.38. The highest BCUT2D eigenvalue weighted by Crippen LogP contribution is 2.46. The summed E-state index contributed by atoms with van der Waals surface area (Å²) in [4.78, 5) is 22.3. The molecule has 6 nitrogen and oxygen atoms in total. The number of methoxy groups -OCH3 is 1. The Morgan fingerprint density at radius 3 is 2.63 bits per heavy atom. The predicted molar refractivity (Wildman–Crippen MR) is 178 cm³/mol. The summed E-state index contributed by atoms with van der Waals surface area (Å²) in [6.45, 7) is 14.4. The van der Waals surface area contributed by atoms with E-state index in [4.69, 9.17) is 9.47 Å². The molecule has 3 heterocycles. The van der Waals surface area contributed by atoms with Crippen molar-refractivity contribution in [2.45, 2.75) is 52.9 Å². The molecule has 2 aromatic heterocycles. The van der Waals surface area contributed by atoms with Crippen molar-refractivity contribution >= 4 is 39.5 Å². The summed E-state index contributed by atoms with van der Waals surface area (Å²) in [5.74, 6) is 1.34. The number of aromatic nitrogens is 1. The quantitative estimate of drug-likeness (QED) is 0.206. The number of ether oxygens (including phenoxy) is 2. The van der Waals surface area contributed by atoms with Crippen LogP contribution in [0.2, 0.25) is 0 Å². The molecule has 0 radical (unpaired) electrons. The lowest BCUT2D eigenvalue weighted by Gasteiger charge is -2.39. The number of carbonyl (C=O) groups is 1. The molecule has 6 rings (SSSR count). The van der Waals surface area contributed by atoms with E-state index in [-0.39, 0.29) is 0 Å². The highest BCUT2D eigenvalue weighted by atomic mass is 32.1. The minimum atomic E-state index is -0.403. The molecule has 2 aromatic carbocycles. The van der Waals surface area contributed by atoms with E-state index in [2.05, 4.69) is 53.9 Å². The van der Waals surface area contributed by atoms with Gasteiger partial charge in [0.15, 0.2) is 0 Å². The number of nitrogens with zero attached hydrogens (tertiary/aromatic N) is 2. The number of fused-ring (bicyclic) bond motifs is 1. The van der Waals surface area contributed by atoms with Crippen LogP contribution >= 0.6 is 11.3 Å². The Bertz CT molecular complexity index is 1640. The van der Waals surface area contributed by atoms with E-state index in [1.807, 2.05) is 60.0 Å². The third kappa shape index (κ3) is 6.38. The van der Waals surface area contributed by atoms with E-state index in [0.717, 1.165) is 55.7 Å². The number of anilines is 1. The van der Waals surface area contributed by atoms with Gasteiger partial charge in [0.1, 0.15) is 17.1 Å². The number of carbonyl (C=O) groups excluding carboxylic acids is 1. The highest BCUT2D eigenvalue weighted by Gasteiger charge is 2.31. The van der Waals surface area contributed by atoms with Crippen LogP contribution in [0.1, 0.15) is 73.7 Å². The normalized spacial score (nSPS) is 17.6. The maximum atomic E-state index is 12.6. The molecule has 0 atom stereocenters. The monoisotopic (exact) mass is 597 g/mol. The second-order valence-electron chi connectivity index (χ2n) is 13.0. The lowest BCUT2D eigenvalue weighted by molar-refractivity contribution is 0.0598. The average molecular weight is 598 g/mol. The van der Waals surface area contributed by atoms with Crippen LogP contribution in [0.3, 0.4) is 0 Å². The largest absolute Gasteiger partial charge is 0.465 e. The van der Waals surface area contributed by atoms with Gasteiger partial charge in [-0.05, 0) is 89.6 Å². The number of allylic oxidation sites excluding steroid dienone is 1. The summed E-state index contributed by atoms with van der Waals surface area (Å²) >= 11 is 1.91. The zero-order chi connectivity index (χ0) is 30.1. The van der Waals surface area contributed by atoms with E-state index in [1.165, 1.54) is 30.4 Å². The average Bonchev–Trinajstić information content (AvgIpc) is 3.68. The van der Waals surface area contributed by atoms with Crippen LogP contribution in [0, 0.1) is 5.41 Å². The molecule has 0 bridgehead atoms. The second-order valence-corrected chi connectivity index (χ2v) is 14.0. The minimum absolute atomic E-state index is 0.344. The first-order valence-corrected chi connectivity index (χ1v) is 16.3. The Morgan fingerprint density at radius 2 is 1.86 bits per heavy atom. The van der Waals surface area contributed by atoms with Crippen LogP contribution in [0.15, 0.2) is 65.7 Å². The van der Waals surface area contributed by atoms with Crippen LogP contribution in [0.5, 0.6) is 11.5 Å². The molecular formula is C36H43N3O3S. The summed E-state index contributed by atoms with van der Waals surface area (Å²) in [6.07, 6.45) is 5.50. The molecule has 0 unspecified atom stereocenters. The first kappa shape index (κ1) is 29.5. The lowest BCUT2D eigenvalue weighted by Crippen LogP contribution is -2.47. The molecule has 7 heteroatoms. The number of thiophene rings is 1. The number of rotatable bonds is 8. The zero-order valence-electron chi connectivity index (χ0n) is 26.0. The van der Waals surface area contributed by atoms with Gasteiger partial charge in [-0.1, -0.05) is 33.3 Å². The van der Waals surface area contributed by atoms with Gasteiger partial charge in [-0.15, -0.1) is 11.3 Å². The Labute approximate surface area is 259 Å². The van der Waals surface area contributed by atoms with E-state index in [1.54, 1.807) is 11.1 Å². The molecule has 43 heavy (non-hydrogen) atoms. The van der Waals surface area contributed by atoms with Crippen LogP contribution in [-0.4, -0.2) is 55.7 Å². The third-order valence-electron chi connectivity index (χ3n) is 9.01. The van der Waals surface area contributed by atoms with Crippen LogP contribution < -0.4 is 9.64 Å². The first-order valence-electron chi connectivity index (χ1n) is 15.4. The number of aromatic amines is 1. The topological polar surface area (TPSA) is 57.8 Å². The van der Waals surface area contributed by atoms with E-state index < -0.39 is 5.97 Å². The van der Waals surface area contributed by atoms with Crippen molar-refractivity contribution < 1.29 is 14.3 Å². The van der Waals surface area contributed by atoms with E-state index in [0.29, 0.717) is 28.4 Å². The van der Waals surface area contributed by atoms with Gasteiger partial charge in [-0.25, -0.2) is 4.79 Å². The summed E-state index contributed by atoms with van der Waals surface area (Å²) in [7, 11) is 1.40. The number of esters is 1. The van der Waals surface area contributed by atoms with Gasteiger partial charge in [0.2, 0.25) is 0 Å². The summed E-state index contributed by atoms with van der Waals surface area (Å²) in [5, 5.41) is 3.33. The maximum Gasteiger partial charge on any atom is 0.341 e. The molecular weight excluding hydrogens is 554 g/mol. The number of benzene rings is 2. The Balaban J connectivity index is 1.18. The van der Waals surface area contributed by atoms with E-state index >= 15 is 0 Å². The van der Waals surface area contributed by atoms with Crippen molar-refractivity contribution in [3.63, 3.8) is 0 Å². The molecule has 0 spiro atoms. The SMILES string of the molecule is COC(=O)c1ccc(N2CCN(CC3=C(c4ccsc4C(C)C)CC(C)(C)CC3)CC2)cc1Oc1ccc2[nH]ccc2c1. The number of piperazine rings is 1. The fraction of sp³-hybridized carbons (Fsp3) is 0.417. The molecule has 1 N–H and O–H groups in total. The van der Waals surface area contributed by atoms with Gasteiger partial charge in [-0.3, -0.25) is 4.90 Å². The minimum Gasteiger partial charge on any atom is -0.465 e. The molecule has 0 amide bonds. The molecule has 226 valence electrons. The lowest BCUT2D eigenvalue weighted by atomic mass is 9.72. The molecule has 2 aliphatic rings. The third-order valence-corrected chi connectivity index (χ3v) is 10.2. The van der Waals surface area contributed by atoms with Crippen LogP contribution in [0.4, 0.5) is 5.69 Å². The molecule has 1 saturated heterocycles. The Hall–Kier alpha value is -3.55. The molecule has 0 saturated carbocycles. The highest BCUT2D eigenvalue weighted by molar-refractivity contribution is 7.10. The van der Waals surface area contributed by atoms with Crippen molar-refractivity contribution in [2.75, 3.05) is 44.7 Å². The summed E-state index contributed by atoms with van der Waals surface area (Å²) in [6, 6.07) is 16.1. The van der Waals surface area contributed by atoms with Crippen molar-refractivity contribution in [2.24, 2.45) is 5.41 Å². The smallest absolute Gasteiger partial charge is 0.341 e. The molecule has 1 fully saturated rings. The number of nitrogens with one attached hydrogen (secondary N) is 1. The molecule has 1 aliphatic carbocycles. The standard InChI is InChI=1S/C36H43N3O3S/c1-24(2)34-29(12-19-43-34)31-22-36(3,4)13-10-26(31)23-38-15-17-39(18-16-38)27-6-8-30(35(40)41-5)33(21-27)42-28-7-9-32-25(20-28)11-14-37-32/h6-9,11-12,14,19-21,24,37H,10,13,15-18,22-23H2,1-5H3. The second kappa shape index (κ2) is 12.2. The molecule has 1 aliphatic heterocycles. The van der Waals surface area contributed by atoms with Gasteiger partial charge < -0.3 is 19.4 Å². The van der Waals surface area contributed by atoms with Gasteiger partial charge in [-0.2, -0.15) is 0 Å². The van der Waals surface area contributed by atoms with Crippen LogP contribution in [-0.2, 0) is 4.74 Å². The van der Waals surface area contributed by atoms with Crippen molar-refractivity contribution in [1.29, 1.82) is 0 Å². The first-order chi connectivity index (χ1) is 20.7.